The van der Waals surface area contributed by atoms with Crippen LogP contribution in [0, 0.1) is 0 Å². The minimum Gasteiger partial charge on any atom is -0.204 e. The highest BCUT2D eigenvalue weighted by molar-refractivity contribution is 7.91. The summed E-state index contributed by atoms with van der Waals surface area (Å²) in [5.74, 6) is 0.402. The molecule has 1 aromatic rings. The van der Waals surface area contributed by atoms with Crippen LogP contribution in [0.3, 0.4) is 0 Å². The van der Waals surface area contributed by atoms with Crippen molar-refractivity contribution >= 4 is 15.7 Å². The highest BCUT2D eigenvalue weighted by Crippen LogP contribution is 2.32. The maximum absolute atomic E-state index is 12.2. The summed E-state index contributed by atoms with van der Waals surface area (Å²) in [6, 6.07) is 10.3. The zero-order valence-corrected chi connectivity index (χ0v) is 13.3. The van der Waals surface area contributed by atoms with E-state index in [0.29, 0.717) is 5.92 Å². The van der Waals surface area contributed by atoms with Gasteiger partial charge in [0.05, 0.1) is 4.75 Å². The summed E-state index contributed by atoms with van der Waals surface area (Å²) in [7, 11) is -3.42. The topological polar surface area (TPSA) is 46.5 Å². The summed E-state index contributed by atoms with van der Waals surface area (Å²) < 4.78 is 27.6. The minimum absolute atomic E-state index is 0.402. The molecule has 1 aliphatic rings. The quantitative estimate of drug-likeness (QED) is 0.830. The van der Waals surface area contributed by atoms with Crippen molar-refractivity contribution in [2.75, 3.05) is 0 Å². The van der Waals surface area contributed by atoms with E-state index >= 15 is 0 Å². The van der Waals surface area contributed by atoms with Gasteiger partial charge in [-0.2, -0.15) is 4.40 Å². The van der Waals surface area contributed by atoms with Gasteiger partial charge in [0, 0.05) is 5.71 Å². The molecular weight excluding hydrogens is 270 g/mol. The molecule has 0 aromatic heterocycles. The fraction of sp³-hybridized carbons (Fsp3) is 0.562. The average Bonchev–Trinajstić information content (AvgIpc) is 2.38. The molecule has 1 aliphatic carbocycles. The first-order valence-corrected chi connectivity index (χ1v) is 8.61. The first kappa shape index (κ1) is 15.2. The van der Waals surface area contributed by atoms with Crippen molar-refractivity contribution in [3.8, 4) is 0 Å². The third-order valence-electron chi connectivity index (χ3n) is 3.79. The minimum atomic E-state index is -3.42. The van der Waals surface area contributed by atoms with Crippen LogP contribution in [0.1, 0.15) is 57.9 Å². The third kappa shape index (κ3) is 3.48. The predicted molar refractivity (Wildman–Crippen MR) is 83.8 cm³/mol. The fourth-order valence-electron chi connectivity index (χ4n) is 2.44. The fourth-order valence-corrected chi connectivity index (χ4v) is 3.22. The number of hydrogen-bond donors (Lipinski definition) is 0. The van der Waals surface area contributed by atoms with E-state index in [9.17, 15) is 8.42 Å². The third-order valence-corrected chi connectivity index (χ3v) is 5.84. The highest BCUT2D eigenvalue weighted by atomic mass is 32.2. The molecule has 0 radical (unpaired) electrons. The van der Waals surface area contributed by atoms with Crippen LogP contribution in [0.25, 0.3) is 0 Å². The second-order valence-corrected chi connectivity index (χ2v) is 8.81. The van der Waals surface area contributed by atoms with Gasteiger partial charge in [0.1, 0.15) is 0 Å². The summed E-state index contributed by atoms with van der Waals surface area (Å²) in [6.07, 6.45) is 3.69. The Kier molecular flexibility index (Phi) is 4.33. The Balaban J connectivity index is 2.20. The van der Waals surface area contributed by atoms with Gasteiger partial charge in [-0.25, -0.2) is 8.42 Å². The number of rotatable bonds is 2. The molecule has 1 fully saturated rings. The van der Waals surface area contributed by atoms with Crippen LogP contribution in [-0.2, 0) is 10.0 Å². The van der Waals surface area contributed by atoms with E-state index in [0.717, 1.165) is 31.4 Å². The van der Waals surface area contributed by atoms with E-state index in [4.69, 9.17) is 0 Å². The van der Waals surface area contributed by atoms with E-state index in [1.54, 1.807) is 20.8 Å². The Bertz CT molecular complexity index is 583. The first-order chi connectivity index (χ1) is 9.29. The molecule has 0 N–H and O–H groups in total. The van der Waals surface area contributed by atoms with Crippen molar-refractivity contribution in [3.63, 3.8) is 0 Å². The lowest BCUT2D eigenvalue weighted by Gasteiger charge is -2.24. The van der Waals surface area contributed by atoms with Gasteiger partial charge in [0.15, 0.2) is 0 Å². The molecule has 4 heteroatoms. The molecule has 3 nitrogen and oxygen atoms in total. The van der Waals surface area contributed by atoms with Crippen LogP contribution in [0.5, 0.6) is 0 Å². The van der Waals surface area contributed by atoms with Crippen molar-refractivity contribution < 1.29 is 8.42 Å². The van der Waals surface area contributed by atoms with Crippen LogP contribution in [0.15, 0.2) is 34.7 Å². The van der Waals surface area contributed by atoms with Gasteiger partial charge in [-0.05, 0) is 57.9 Å². The zero-order chi connectivity index (χ0) is 14.8. The Morgan fingerprint density at radius 1 is 1.15 bits per heavy atom. The van der Waals surface area contributed by atoms with Gasteiger partial charge in [0.2, 0.25) is 0 Å². The molecule has 2 rings (SSSR count). The Morgan fingerprint density at radius 3 is 2.40 bits per heavy atom. The molecule has 1 atom stereocenters. The van der Waals surface area contributed by atoms with Crippen LogP contribution >= 0.6 is 0 Å². The van der Waals surface area contributed by atoms with Crippen molar-refractivity contribution in [1.29, 1.82) is 0 Å². The summed E-state index contributed by atoms with van der Waals surface area (Å²) in [5.41, 5.74) is 2.12. The van der Waals surface area contributed by atoms with Crippen molar-refractivity contribution in [1.82, 2.24) is 0 Å². The SMILES string of the molecule is CC(C)(C)S(=O)(=O)N=C1CCC[C@H](c2ccccc2)C1. The van der Waals surface area contributed by atoms with Gasteiger partial charge in [-0.15, -0.1) is 0 Å². The number of nitrogens with zero attached hydrogens (tertiary/aromatic N) is 1. The lowest BCUT2D eigenvalue weighted by Crippen LogP contribution is -2.27. The zero-order valence-electron chi connectivity index (χ0n) is 12.5. The lowest BCUT2D eigenvalue weighted by molar-refractivity contribution is 0.557. The highest BCUT2D eigenvalue weighted by Gasteiger charge is 2.30. The van der Waals surface area contributed by atoms with E-state index in [1.807, 2.05) is 18.2 Å². The van der Waals surface area contributed by atoms with Crippen molar-refractivity contribution in [2.24, 2.45) is 4.40 Å². The van der Waals surface area contributed by atoms with E-state index < -0.39 is 14.8 Å². The van der Waals surface area contributed by atoms with Gasteiger partial charge in [0.25, 0.3) is 10.0 Å². The number of sulfonamides is 1. The maximum Gasteiger partial charge on any atom is 0.257 e. The summed E-state index contributed by atoms with van der Waals surface area (Å²) >= 11 is 0. The predicted octanol–water partition coefficient (Wildman–Crippen LogP) is 3.91. The molecule has 0 unspecified atom stereocenters. The maximum atomic E-state index is 12.2. The van der Waals surface area contributed by atoms with Crippen LogP contribution < -0.4 is 0 Å². The molecule has 0 amide bonds. The van der Waals surface area contributed by atoms with E-state index in [1.165, 1.54) is 5.56 Å². The molecule has 1 aromatic carbocycles. The van der Waals surface area contributed by atoms with E-state index in [-0.39, 0.29) is 0 Å². The monoisotopic (exact) mass is 293 g/mol. The molecule has 0 aliphatic heterocycles. The van der Waals surface area contributed by atoms with Crippen LogP contribution in [0.4, 0.5) is 0 Å². The molecule has 0 heterocycles. The molecular formula is C16H23NO2S. The smallest absolute Gasteiger partial charge is 0.204 e. The first-order valence-electron chi connectivity index (χ1n) is 7.17. The van der Waals surface area contributed by atoms with Crippen molar-refractivity contribution in [3.05, 3.63) is 35.9 Å². The van der Waals surface area contributed by atoms with Gasteiger partial charge < -0.3 is 0 Å². The molecule has 0 bridgehead atoms. The summed E-state index contributed by atoms with van der Waals surface area (Å²) in [4.78, 5) is 0. The van der Waals surface area contributed by atoms with Crippen LogP contribution in [0.2, 0.25) is 0 Å². The normalized spacial score (nSPS) is 22.9. The second kappa shape index (κ2) is 5.68. The van der Waals surface area contributed by atoms with Crippen molar-refractivity contribution in [2.45, 2.75) is 57.1 Å². The van der Waals surface area contributed by atoms with Gasteiger partial charge in [-0.3, -0.25) is 0 Å². The Hall–Kier alpha value is -1.16. The summed E-state index contributed by atoms with van der Waals surface area (Å²) in [6.45, 7) is 5.09. The average molecular weight is 293 g/mol. The largest absolute Gasteiger partial charge is 0.257 e. The van der Waals surface area contributed by atoms with Crippen LogP contribution in [-0.4, -0.2) is 18.9 Å². The summed E-state index contributed by atoms with van der Waals surface area (Å²) in [5, 5.41) is 0. The molecule has 110 valence electrons. The second-order valence-electron chi connectivity index (χ2n) is 6.45. The van der Waals surface area contributed by atoms with Gasteiger partial charge >= 0.3 is 0 Å². The number of benzene rings is 1. The standard InChI is InChI=1S/C16H23NO2S/c1-16(2,3)20(18,19)17-15-11-7-10-14(12-15)13-8-5-4-6-9-13/h4-6,8-9,14H,7,10-12H2,1-3H3/t14-/m0/s1. The van der Waals surface area contributed by atoms with E-state index in [2.05, 4.69) is 16.5 Å². The Labute approximate surface area is 122 Å². The lowest BCUT2D eigenvalue weighted by atomic mass is 9.83. The number of hydrogen-bond acceptors (Lipinski definition) is 2. The molecule has 0 spiro atoms. The molecule has 20 heavy (non-hydrogen) atoms. The molecule has 1 saturated carbocycles. The Morgan fingerprint density at radius 2 is 1.80 bits per heavy atom. The molecule has 0 saturated heterocycles. The van der Waals surface area contributed by atoms with Gasteiger partial charge in [-0.1, -0.05) is 30.3 Å².